The Balaban J connectivity index is 1.74. The third-order valence-electron chi connectivity index (χ3n) is 3.78. The minimum absolute atomic E-state index is 0.0302. The summed E-state index contributed by atoms with van der Waals surface area (Å²) in [7, 11) is 0. The fourth-order valence-corrected chi connectivity index (χ4v) is 4.50. The lowest BCUT2D eigenvalue weighted by atomic mass is 10.1. The third kappa shape index (κ3) is 2.92. The van der Waals surface area contributed by atoms with Crippen molar-refractivity contribution in [3.63, 3.8) is 0 Å². The van der Waals surface area contributed by atoms with Crippen LogP contribution in [-0.4, -0.2) is 21.4 Å². The van der Waals surface area contributed by atoms with Crippen molar-refractivity contribution in [2.75, 3.05) is 11.1 Å². The predicted molar refractivity (Wildman–Crippen MR) is 95.0 cm³/mol. The molecule has 1 atom stereocenters. The van der Waals surface area contributed by atoms with Gasteiger partial charge in [0.2, 0.25) is 5.91 Å². The van der Waals surface area contributed by atoms with Crippen molar-refractivity contribution >= 4 is 34.8 Å². The number of hydrogen-bond donors (Lipinski definition) is 1. The SMILES string of the molecule is O=C1CS[C@H](c2ccccc2)c2cnn(Cc3cccs3)c2N1. The molecule has 0 saturated carbocycles. The largest absolute Gasteiger partial charge is 0.310 e. The second-order valence-corrected chi connectivity index (χ2v) is 7.46. The summed E-state index contributed by atoms with van der Waals surface area (Å²) in [6, 6.07) is 14.4. The van der Waals surface area contributed by atoms with Crippen LogP contribution in [0.2, 0.25) is 0 Å². The Morgan fingerprint density at radius 2 is 2.09 bits per heavy atom. The average Bonchev–Trinajstić information content (AvgIpc) is 3.17. The second kappa shape index (κ2) is 6.22. The molecule has 2 aromatic heterocycles. The highest BCUT2D eigenvalue weighted by atomic mass is 32.2. The van der Waals surface area contributed by atoms with E-state index in [0.717, 1.165) is 11.4 Å². The number of fused-ring (bicyclic) bond motifs is 1. The van der Waals surface area contributed by atoms with E-state index in [1.807, 2.05) is 35.1 Å². The Bertz CT molecular complexity index is 812. The number of anilines is 1. The maximum Gasteiger partial charge on any atom is 0.235 e. The van der Waals surface area contributed by atoms with Crippen LogP contribution >= 0.6 is 23.1 Å². The molecule has 0 aliphatic carbocycles. The lowest BCUT2D eigenvalue weighted by molar-refractivity contribution is -0.113. The summed E-state index contributed by atoms with van der Waals surface area (Å²) < 4.78 is 1.89. The molecule has 1 amide bonds. The van der Waals surface area contributed by atoms with Gasteiger partial charge in [0.15, 0.2) is 0 Å². The molecule has 1 aromatic carbocycles. The summed E-state index contributed by atoms with van der Waals surface area (Å²) in [5.41, 5.74) is 2.27. The van der Waals surface area contributed by atoms with Crippen molar-refractivity contribution in [3.8, 4) is 0 Å². The van der Waals surface area contributed by atoms with E-state index in [4.69, 9.17) is 0 Å². The number of aromatic nitrogens is 2. The predicted octanol–water partition coefficient (Wildman–Crippen LogP) is 3.77. The first kappa shape index (κ1) is 14.5. The zero-order valence-corrected chi connectivity index (χ0v) is 13.9. The van der Waals surface area contributed by atoms with E-state index in [9.17, 15) is 4.79 Å². The Kier molecular flexibility index (Phi) is 3.93. The van der Waals surface area contributed by atoms with Gasteiger partial charge >= 0.3 is 0 Å². The Morgan fingerprint density at radius 3 is 2.87 bits per heavy atom. The monoisotopic (exact) mass is 341 g/mol. The highest BCUT2D eigenvalue weighted by Crippen LogP contribution is 2.41. The molecule has 116 valence electrons. The van der Waals surface area contributed by atoms with Gasteiger partial charge in [0.25, 0.3) is 0 Å². The maximum absolute atomic E-state index is 12.1. The van der Waals surface area contributed by atoms with Gasteiger partial charge in [-0.2, -0.15) is 5.10 Å². The lowest BCUT2D eigenvalue weighted by Gasteiger charge is -2.14. The highest BCUT2D eigenvalue weighted by molar-refractivity contribution is 8.00. The van der Waals surface area contributed by atoms with Crippen molar-refractivity contribution in [3.05, 3.63) is 70.0 Å². The molecular formula is C17H15N3OS2. The summed E-state index contributed by atoms with van der Waals surface area (Å²) in [4.78, 5) is 13.3. The van der Waals surface area contributed by atoms with Gasteiger partial charge in [-0.15, -0.1) is 23.1 Å². The first-order valence-corrected chi connectivity index (χ1v) is 9.28. The first-order chi connectivity index (χ1) is 11.3. The molecule has 0 unspecified atom stereocenters. The minimum atomic E-state index is 0.0302. The molecule has 1 aliphatic heterocycles. The number of thioether (sulfide) groups is 1. The molecule has 0 radical (unpaired) electrons. The second-order valence-electron chi connectivity index (χ2n) is 5.34. The van der Waals surface area contributed by atoms with E-state index < -0.39 is 0 Å². The van der Waals surface area contributed by atoms with Crippen LogP contribution in [0.5, 0.6) is 0 Å². The standard InChI is InChI=1S/C17H15N3OS2/c21-15-11-23-16(12-5-2-1-3-6-12)14-9-18-20(17(14)19-15)10-13-7-4-8-22-13/h1-9,16H,10-11H2,(H,19,21)/t16-/m1/s1. The van der Waals surface area contributed by atoms with Gasteiger partial charge in [-0.05, 0) is 17.0 Å². The van der Waals surface area contributed by atoms with E-state index in [-0.39, 0.29) is 11.2 Å². The number of hydrogen-bond acceptors (Lipinski definition) is 4. The van der Waals surface area contributed by atoms with E-state index in [1.54, 1.807) is 23.1 Å². The minimum Gasteiger partial charge on any atom is -0.310 e. The maximum atomic E-state index is 12.1. The van der Waals surface area contributed by atoms with Crippen LogP contribution in [-0.2, 0) is 11.3 Å². The number of carbonyl (C=O) groups excluding carboxylic acids is 1. The number of nitrogens with one attached hydrogen (secondary N) is 1. The average molecular weight is 341 g/mol. The number of benzene rings is 1. The van der Waals surface area contributed by atoms with E-state index in [0.29, 0.717) is 12.3 Å². The number of amides is 1. The topological polar surface area (TPSA) is 46.9 Å². The molecule has 4 rings (SSSR count). The molecule has 3 heterocycles. The molecule has 1 aliphatic rings. The molecule has 4 nitrogen and oxygen atoms in total. The van der Waals surface area contributed by atoms with Crippen LogP contribution < -0.4 is 5.32 Å². The molecule has 1 N–H and O–H groups in total. The van der Waals surface area contributed by atoms with Crippen molar-refractivity contribution in [1.82, 2.24) is 9.78 Å². The smallest absolute Gasteiger partial charge is 0.235 e. The molecule has 0 fully saturated rings. The van der Waals surface area contributed by atoms with Crippen molar-refractivity contribution < 1.29 is 4.79 Å². The molecule has 23 heavy (non-hydrogen) atoms. The van der Waals surface area contributed by atoms with E-state index in [1.165, 1.54) is 10.4 Å². The van der Waals surface area contributed by atoms with Crippen LogP contribution in [0.3, 0.4) is 0 Å². The van der Waals surface area contributed by atoms with Crippen molar-refractivity contribution in [2.45, 2.75) is 11.8 Å². The molecule has 0 bridgehead atoms. The third-order valence-corrected chi connectivity index (χ3v) is 5.93. The number of thiophene rings is 1. The van der Waals surface area contributed by atoms with Crippen LogP contribution in [0, 0.1) is 0 Å². The van der Waals surface area contributed by atoms with Crippen LogP contribution in [0.15, 0.2) is 54.0 Å². The van der Waals surface area contributed by atoms with E-state index >= 15 is 0 Å². The normalized spacial score (nSPS) is 17.4. The Hall–Kier alpha value is -2.05. The summed E-state index contributed by atoms with van der Waals surface area (Å²) in [5.74, 6) is 1.30. The van der Waals surface area contributed by atoms with Crippen molar-refractivity contribution in [1.29, 1.82) is 0 Å². The van der Waals surface area contributed by atoms with Gasteiger partial charge in [0.1, 0.15) is 5.82 Å². The van der Waals surface area contributed by atoms with Gasteiger partial charge in [-0.3, -0.25) is 4.79 Å². The molecule has 0 saturated heterocycles. The summed E-state index contributed by atoms with van der Waals surface area (Å²) in [5, 5.41) is 9.73. The highest BCUT2D eigenvalue weighted by Gasteiger charge is 2.27. The first-order valence-electron chi connectivity index (χ1n) is 7.36. The van der Waals surface area contributed by atoms with Crippen LogP contribution in [0.4, 0.5) is 5.82 Å². The van der Waals surface area contributed by atoms with Crippen LogP contribution in [0.25, 0.3) is 0 Å². The zero-order valence-electron chi connectivity index (χ0n) is 12.3. The van der Waals surface area contributed by atoms with Gasteiger partial charge in [-0.1, -0.05) is 36.4 Å². The van der Waals surface area contributed by atoms with E-state index in [2.05, 4.69) is 34.0 Å². The molecule has 3 aromatic rings. The summed E-state index contributed by atoms with van der Waals surface area (Å²) in [6.07, 6.45) is 1.89. The fourth-order valence-electron chi connectivity index (χ4n) is 2.72. The van der Waals surface area contributed by atoms with Crippen LogP contribution in [0.1, 0.15) is 21.3 Å². The number of nitrogens with zero attached hydrogens (tertiary/aromatic N) is 2. The Morgan fingerprint density at radius 1 is 1.22 bits per heavy atom. The number of carbonyl (C=O) groups is 1. The van der Waals surface area contributed by atoms with Gasteiger partial charge in [0, 0.05) is 10.4 Å². The fraction of sp³-hybridized carbons (Fsp3) is 0.176. The zero-order chi connectivity index (χ0) is 15.6. The summed E-state index contributed by atoms with van der Waals surface area (Å²) >= 11 is 3.34. The lowest BCUT2D eigenvalue weighted by Crippen LogP contribution is -2.16. The number of rotatable bonds is 3. The van der Waals surface area contributed by atoms with Gasteiger partial charge < -0.3 is 5.32 Å². The summed E-state index contributed by atoms with van der Waals surface area (Å²) in [6.45, 7) is 0.680. The molecule has 6 heteroatoms. The van der Waals surface area contributed by atoms with Crippen molar-refractivity contribution in [2.24, 2.45) is 0 Å². The van der Waals surface area contributed by atoms with Gasteiger partial charge in [0.05, 0.1) is 23.7 Å². The quantitative estimate of drug-likeness (QED) is 0.789. The Labute approximate surface area is 142 Å². The molecular weight excluding hydrogens is 326 g/mol. The molecule has 0 spiro atoms. The van der Waals surface area contributed by atoms with Gasteiger partial charge in [-0.25, -0.2) is 4.68 Å².